The fourth-order valence-corrected chi connectivity index (χ4v) is 1.91. The third kappa shape index (κ3) is 3.06. The largest absolute Gasteiger partial charge is 0.493 e. The molecular weight excluding hydrogens is 238 g/mol. The second-order valence-electron chi connectivity index (χ2n) is 4.25. The van der Waals surface area contributed by atoms with E-state index in [2.05, 4.69) is 6.92 Å². The van der Waals surface area contributed by atoms with Gasteiger partial charge in [-0.05, 0) is 30.2 Å². The van der Waals surface area contributed by atoms with Crippen molar-refractivity contribution in [3.8, 4) is 17.2 Å². The zero-order chi connectivity index (χ0) is 13.7. The zero-order valence-electron chi connectivity index (χ0n) is 11.3. The van der Waals surface area contributed by atoms with E-state index in [4.69, 9.17) is 15.2 Å². The Hall–Kier alpha value is -2.00. The predicted octanol–water partition coefficient (Wildman–Crippen LogP) is 3.51. The van der Waals surface area contributed by atoms with Crippen molar-refractivity contribution < 1.29 is 9.47 Å². The summed E-state index contributed by atoms with van der Waals surface area (Å²) in [4.78, 5) is 0. The Balaban J connectivity index is 2.32. The lowest BCUT2D eigenvalue weighted by Gasteiger charge is -2.13. The minimum absolute atomic E-state index is 0.450. The molecule has 0 aliphatic carbocycles. The highest BCUT2D eigenvalue weighted by molar-refractivity contribution is 5.46. The summed E-state index contributed by atoms with van der Waals surface area (Å²) in [6, 6.07) is 13.7. The zero-order valence-corrected chi connectivity index (χ0v) is 11.3. The molecule has 0 atom stereocenters. The summed E-state index contributed by atoms with van der Waals surface area (Å²) in [6.07, 6.45) is 0.968. The second kappa shape index (κ2) is 6.25. The Bertz CT molecular complexity index is 552. The van der Waals surface area contributed by atoms with Crippen LogP contribution in [0.25, 0.3) is 0 Å². The van der Waals surface area contributed by atoms with E-state index in [0.29, 0.717) is 12.3 Å². The van der Waals surface area contributed by atoms with Gasteiger partial charge >= 0.3 is 0 Å². The van der Waals surface area contributed by atoms with Crippen LogP contribution in [0.15, 0.2) is 42.5 Å². The van der Waals surface area contributed by atoms with Gasteiger partial charge in [0.1, 0.15) is 5.75 Å². The first kappa shape index (κ1) is 13.4. The quantitative estimate of drug-likeness (QED) is 0.891. The number of aryl methyl sites for hydroxylation is 1. The lowest BCUT2D eigenvalue weighted by Crippen LogP contribution is -2.00. The third-order valence-corrected chi connectivity index (χ3v) is 3.05. The fourth-order valence-electron chi connectivity index (χ4n) is 1.91. The van der Waals surface area contributed by atoms with E-state index in [9.17, 15) is 0 Å². The summed E-state index contributed by atoms with van der Waals surface area (Å²) in [5, 5.41) is 0. The summed E-state index contributed by atoms with van der Waals surface area (Å²) >= 11 is 0. The number of rotatable bonds is 5. The Labute approximate surface area is 114 Å². The molecule has 0 amide bonds. The van der Waals surface area contributed by atoms with E-state index in [1.807, 2.05) is 42.5 Å². The van der Waals surface area contributed by atoms with E-state index in [1.165, 1.54) is 5.56 Å². The molecule has 2 aromatic rings. The van der Waals surface area contributed by atoms with Crippen LogP contribution in [0.1, 0.15) is 18.1 Å². The van der Waals surface area contributed by atoms with Crippen molar-refractivity contribution in [2.75, 3.05) is 7.11 Å². The van der Waals surface area contributed by atoms with Crippen LogP contribution in [0.4, 0.5) is 0 Å². The van der Waals surface area contributed by atoms with Gasteiger partial charge in [0.05, 0.1) is 7.11 Å². The lowest BCUT2D eigenvalue weighted by molar-refractivity contribution is 0.377. The maximum atomic E-state index is 5.92. The summed E-state index contributed by atoms with van der Waals surface area (Å²) in [7, 11) is 1.65. The molecular formula is C16H19NO2. The molecule has 0 bridgehead atoms. The van der Waals surface area contributed by atoms with E-state index < -0.39 is 0 Å². The first-order valence-corrected chi connectivity index (χ1v) is 6.41. The molecule has 0 fully saturated rings. The van der Waals surface area contributed by atoms with E-state index in [-0.39, 0.29) is 0 Å². The van der Waals surface area contributed by atoms with Crippen molar-refractivity contribution in [1.82, 2.24) is 0 Å². The monoisotopic (exact) mass is 257 g/mol. The molecule has 0 saturated heterocycles. The van der Waals surface area contributed by atoms with Gasteiger partial charge in [0.15, 0.2) is 11.5 Å². The van der Waals surface area contributed by atoms with Crippen molar-refractivity contribution in [3.63, 3.8) is 0 Å². The van der Waals surface area contributed by atoms with Crippen LogP contribution in [-0.2, 0) is 13.0 Å². The summed E-state index contributed by atoms with van der Waals surface area (Å²) in [6.45, 7) is 2.56. The van der Waals surface area contributed by atoms with Gasteiger partial charge in [0, 0.05) is 12.1 Å². The Morgan fingerprint density at radius 1 is 1.00 bits per heavy atom. The van der Waals surface area contributed by atoms with Crippen LogP contribution in [0.3, 0.4) is 0 Å². The molecule has 0 saturated carbocycles. The smallest absolute Gasteiger partial charge is 0.169 e. The fraction of sp³-hybridized carbons (Fsp3) is 0.250. The summed E-state index contributed by atoms with van der Waals surface area (Å²) < 4.78 is 11.3. The van der Waals surface area contributed by atoms with Crippen LogP contribution in [-0.4, -0.2) is 7.11 Å². The van der Waals surface area contributed by atoms with Gasteiger partial charge in [-0.25, -0.2) is 0 Å². The van der Waals surface area contributed by atoms with Crippen molar-refractivity contribution in [2.24, 2.45) is 5.73 Å². The number of hydrogen-bond acceptors (Lipinski definition) is 3. The number of para-hydroxylation sites is 1. The SMILES string of the molecule is CCc1ccc(Oc2ccccc2CN)c(OC)c1. The van der Waals surface area contributed by atoms with Crippen molar-refractivity contribution in [1.29, 1.82) is 0 Å². The number of nitrogens with two attached hydrogens (primary N) is 1. The maximum Gasteiger partial charge on any atom is 0.169 e. The van der Waals surface area contributed by atoms with Crippen LogP contribution in [0.2, 0.25) is 0 Å². The molecule has 100 valence electrons. The molecule has 19 heavy (non-hydrogen) atoms. The van der Waals surface area contributed by atoms with Crippen LogP contribution < -0.4 is 15.2 Å². The molecule has 2 N–H and O–H groups in total. The van der Waals surface area contributed by atoms with Gasteiger partial charge in [-0.2, -0.15) is 0 Å². The molecule has 2 aromatic carbocycles. The highest BCUT2D eigenvalue weighted by atomic mass is 16.5. The minimum atomic E-state index is 0.450. The average Bonchev–Trinajstić information content (AvgIpc) is 2.48. The molecule has 0 aromatic heterocycles. The first-order chi connectivity index (χ1) is 9.28. The van der Waals surface area contributed by atoms with Gasteiger partial charge in [-0.1, -0.05) is 31.2 Å². The van der Waals surface area contributed by atoms with E-state index in [0.717, 1.165) is 23.5 Å². The molecule has 0 heterocycles. The standard InChI is InChI=1S/C16H19NO2/c1-3-12-8-9-15(16(10-12)18-2)19-14-7-5-4-6-13(14)11-17/h4-10H,3,11,17H2,1-2H3. The summed E-state index contributed by atoms with van der Waals surface area (Å²) in [5.41, 5.74) is 7.90. The number of hydrogen-bond donors (Lipinski definition) is 1. The van der Waals surface area contributed by atoms with Crippen LogP contribution in [0.5, 0.6) is 17.2 Å². The molecule has 0 spiro atoms. The minimum Gasteiger partial charge on any atom is -0.493 e. The van der Waals surface area contributed by atoms with Crippen molar-refractivity contribution >= 4 is 0 Å². The van der Waals surface area contributed by atoms with Crippen LogP contribution in [0, 0.1) is 0 Å². The highest BCUT2D eigenvalue weighted by Crippen LogP contribution is 2.33. The summed E-state index contributed by atoms with van der Waals surface area (Å²) in [5.74, 6) is 2.22. The average molecular weight is 257 g/mol. The van der Waals surface area contributed by atoms with Gasteiger partial charge < -0.3 is 15.2 Å². The highest BCUT2D eigenvalue weighted by Gasteiger charge is 2.08. The Morgan fingerprint density at radius 2 is 1.79 bits per heavy atom. The topological polar surface area (TPSA) is 44.5 Å². The van der Waals surface area contributed by atoms with E-state index >= 15 is 0 Å². The van der Waals surface area contributed by atoms with Crippen molar-refractivity contribution in [3.05, 3.63) is 53.6 Å². The second-order valence-corrected chi connectivity index (χ2v) is 4.25. The van der Waals surface area contributed by atoms with Gasteiger partial charge in [-0.3, -0.25) is 0 Å². The van der Waals surface area contributed by atoms with Crippen molar-refractivity contribution in [2.45, 2.75) is 19.9 Å². The van der Waals surface area contributed by atoms with Gasteiger partial charge in [-0.15, -0.1) is 0 Å². The van der Waals surface area contributed by atoms with Crippen LogP contribution >= 0.6 is 0 Å². The molecule has 0 aliphatic rings. The Kier molecular flexibility index (Phi) is 4.42. The molecule has 0 radical (unpaired) electrons. The Morgan fingerprint density at radius 3 is 2.47 bits per heavy atom. The molecule has 0 unspecified atom stereocenters. The van der Waals surface area contributed by atoms with Gasteiger partial charge in [0.2, 0.25) is 0 Å². The number of benzene rings is 2. The predicted molar refractivity (Wildman–Crippen MR) is 76.8 cm³/mol. The lowest BCUT2D eigenvalue weighted by atomic mass is 10.1. The number of methoxy groups -OCH3 is 1. The maximum absolute atomic E-state index is 5.92. The van der Waals surface area contributed by atoms with E-state index in [1.54, 1.807) is 7.11 Å². The third-order valence-electron chi connectivity index (χ3n) is 3.05. The number of ether oxygens (including phenoxy) is 2. The van der Waals surface area contributed by atoms with Gasteiger partial charge in [0.25, 0.3) is 0 Å². The molecule has 3 heteroatoms. The normalized spacial score (nSPS) is 10.3. The molecule has 0 aliphatic heterocycles. The first-order valence-electron chi connectivity index (χ1n) is 6.41. The molecule has 3 nitrogen and oxygen atoms in total. The molecule has 2 rings (SSSR count).